The van der Waals surface area contributed by atoms with Gasteiger partial charge in [-0.2, -0.15) is 9.27 Å². The van der Waals surface area contributed by atoms with Crippen molar-refractivity contribution in [3.05, 3.63) is 96.4 Å². The van der Waals surface area contributed by atoms with Crippen molar-refractivity contribution in [1.82, 2.24) is 20.2 Å². The molecule has 176 valence electrons. The van der Waals surface area contributed by atoms with Crippen LogP contribution in [0.2, 0.25) is 0 Å². The number of hydrogen-bond donors (Lipinski definition) is 3. The normalized spacial score (nSPS) is 15.2. The zero-order valence-electron chi connectivity index (χ0n) is 18.5. The van der Waals surface area contributed by atoms with Crippen LogP contribution in [0.4, 0.5) is 5.69 Å². The molecule has 9 nitrogen and oxygen atoms in total. The molecular formula is C25H22N5O4S+. The number of fused-ring (bicyclic) bond motifs is 1. The first-order valence-corrected chi connectivity index (χ1v) is 12.4. The highest BCUT2D eigenvalue weighted by atomic mass is 32.3. The summed E-state index contributed by atoms with van der Waals surface area (Å²) in [7, 11) is -3.63. The summed E-state index contributed by atoms with van der Waals surface area (Å²) in [4.78, 5) is 35.0. The number of pyridine rings is 2. The van der Waals surface area contributed by atoms with Gasteiger partial charge < -0.3 is 10.2 Å². The number of nitrogens with one attached hydrogen (secondary N) is 2. The van der Waals surface area contributed by atoms with Crippen LogP contribution in [0.5, 0.6) is 0 Å². The first-order chi connectivity index (χ1) is 16.9. The number of hydrogen-bond acceptors (Lipinski definition) is 5. The zero-order chi connectivity index (χ0) is 24.4. The number of para-hydroxylation sites is 1. The second-order valence-electron chi connectivity index (χ2n) is 8.13. The Kier molecular flexibility index (Phi) is 5.98. The Morgan fingerprint density at radius 1 is 0.914 bits per heavy atom. The van der Waals surface area contributed by atoms with Gasteiger partial charge in [0.15, 0.2) is 0 Å². The molecule has 2 aromatic carbocycles. The monoisotopic (exact) mass is 488 g/mol. The second kappa shape index (κ2) is 9.24. The molecule has 0 spiro atoms. The van der Waals surface area contributed by atoms with E-state index in [2.05, 4.69) is 20.0 Å². The van der Waals surface area contributed by atoms with Crippen molar-refractivity contribution in [3.63, 3.8) is 0 Å². The Bertz CT molecular complexity index is 1430. The smallest absolute Gasteiger partial charge is 0.344 e. The van der Waals surface area contributed by atoms with Crippen molar-refractivity contribution in [3.8, 4) is 0 Å². The summed E-state index contributed by atoms with van der Waals surface area (Å²) < 4.78 is 26.4. The number of aromatic nitrogens is 2. The summed E-state index contributed by atoms with van der Waals surface area (Å²) in [5, 5.41) is 3.70. The van der Waals surface area contributed by atoms with Gasteiger partial charge in [0.05, 0.1) is 11.6 Å². The first-order valence-electron chi connectivity index (χ1n) is 10.9. The van der Waals surface area contributed by atoms with Crippen LogP contribution >= 0.6 is 0 Å². The fraction of sp³-hybridized carbons (Fsp3) is 0.120. The molecule has 10 heteroatoms. The number of nitrogens with zero attached hydrogens (tertiary/aromatic N) is 3. The molecule has 1 aliphatic heterocycles. The summed E-state index contributed by atoms with van der Waals surface area (Å²) in [5.41, 5.74) is 1.75. The zero-order valence-corrected chi connectivity index (χ0v) is 19.3. The third-order valence-corrected chi connectivity index (χ3v) is 7.11. The molecule has 0 saturated carbocycles. The van der Waals surface area contributed by atoms with E-state index in [1.807, 2.05) is 12.1 Å². The van der Waals surface area contributed by atoms with Gasteiger partial charge in [-0.1, -0.05) is 24.3 Å². The van der Waals surface area contributed by atoms with Crippen LogP contribution in [0, 0.1) is 0 Å². The van der Waals surface area contributed by atoms with E-state index in [0.717, 1.165) is 5.39 Å². The van der Waals surface area contributed by atoms with Crippen LogP contribution in [0.25, 0.3) is 10.9 Å². The third-order valence-electron chi connectivity index (χ3n) is 5.70. The Morgan fingerprint density at radius 2 is 1.66 bits per heavy atom. The second-order valence-corrected chi connectivity index (χ2v) is 9.86. The highest BCUT2D eigenvalue weighted by molar-refractivity contribution is 7.99. The maximum atomic E-state index is 13.0. The molecule has 1 unspecified atom stereocenters. The van der Waals surface area contributed by atoms with Gasteiger partial charge in [0.2, 0.25) is 4.90 Å². The Morgan fingerprint density at radius 3 is 2.40 bits per heavy atom. The number of benzene rings is 2. The minimum Gasteiger partial charge on any atom is -0.344 e. The topological polar surface area (TPSA) is 125 Å². The molecule has 3 N–H and O–H groups in total. The maximum Gasteiger partial charge on any atom is 0.346 e. The van der Waals surface area contributed by atoms with E-state index in [9.17, 15) is 18.4 Å². The molecule has 1 fully saturated rings. The SMILES string of the molecule is O=C(NC1CN(C(=O)c2ccc([S+](=O)(O)Nc3cccc4cccnc34)cc2)C1)c1ccccn1. The van der Waals surface area contributed by atoms with E-state index in [1.54, 1.807) is 53.7 Å². The summed E-state index contributed by atoms with van der Waals surface area (Å²) in [6.45, 7) is 0.761. The minimum absolute atomic E-state index is 0.145. The quantitative estimate of drug-likeness (QED) is 0.358. The summed E-state index contributed by atoms with van der Waals surface area (Å²) in [6.07, 6.45) is 3.17. The molecule has 0 bridgehead atoms. The summed E-state index contributed by atoms with van der Waals surface area (Å²) in [6, 6.07) is 19.9. The average molecular weight is 489 g/mol. The average Bonchev–Trinajstić information content (AvgIpc) is 2.86. The van der Waals surface area contributed by atoms with Gasteiger partial charge >= 0.3 is 10.4 Å². The molecule has 35 heavy (non-hydrogen) atoms. The van der Waals surface area contributed by atoms with Gasteiger partial charge in [0.25, 0.3) is 11.8 Å². The number of anilines is 1. The first kappa shape index (κ1) is 22.6. The van der Waals surface area contributed by atoms with Crippen LogP contribution in [0.15, 0.2) is 90.1 Å². The molecule has 1 saturated heterocycles. The molecule has 2 amide bonds. The van der Waals surface area contributed by atoms with Crippen molar-refractivity contribution in [1.29, 1.82) is 0 Å². The molecule has 1 atom stereocenters. The largest absolute Gasteiger partial charge is 0.346 e. The number of carbonyl (C=O) groups excluding carboxylic acids is 2. The standard InChI is InChI=1S/C25H21N5O4S/c31-24(22-7-1-2-13-26-22)28-19-15-30(16-19)25(32)18-9-11-20(12-10-18)35(33,34)29-21-8-3-5-17-6-4-14-27-23(17)21/h1-14,19H,15-16H2,(H2-,28,29,31,33,34)/p+1. The Balaban J connectivity index is 1.21. The van der Waals surface area contributed by atoms with Gasteiger partial charge in [0.1, 0.15) is 11.4 Å². The number of rotatable bonds is 6. The van der Waals surface area contributed by atoms with Crippen LogP contribution in [0.3, 0.4) is 0 Å². The third kappa shape index (κ3) is 4.75. The lowest BCUT2D eigenvalue weighted by molar-refractivity contribution is 0.0541. The lowest BCUT2D eigenvalue weighted by Crippen LogP contribution is -2.61. The molecule has 0 radical (unpaired) electrons. The Labute approximate surface area is 202 Å². The van der Waals surface area contributed by atoms with E-state index < -0.39 is 10.4 Å². The van der Waals surface area contributed by atoms with Crippen molar-refractivity contribution in [2.24, 2.45) is 0 Å². The molecule has 3 heterocycles. The van der Waals surface area contributed by atoms with Crippen LogP contribution in [-0.2, 0) is 14.6 Å². The molecule has 5 rings (SSSR count). The number of likely N-dealkylation sites (tertiary alicyclic amines) is 1. The van der Waals surface area contributed by atoms with Crippen LogP contribution in [-0.4, -0.2) is 50.4 Å². The molecule has 1 aliphatic rings. The lowest BCUT2D eigenvalue weighted by Gasteiger charge is -2.39. The van der Waals surface area contributed by atoms with Gasteiger partial charge in [-0.05, 0) is 52.7 Å². The molecule has 4 aromatic rings. The lowest BCUT2D eigenvalue weighted by atomic mass is 10.1. The van der Waals surface area contributed by atoms with Crippen molar-refractivity contribution < 1.29 is 18.4 Å². The summed E-state index contributed by atoms with van der Waals surface area (Å²) >= 11 is 0. The van der Waals surface area contributed by atoms with Gasteiger partial charge in [-0.25, -0.2) is 0 Å². The maximum absolute atomic E-state index is 13.0. The van der Waals surface area contributed by atoms with E-state index in [4.69, 9.17) is 0 Å². The van der Waals surface area contributed by atoms with Gasteiger partial charge in [-0.3, -0.25) is 19.6 Å². The molecule has 2 aromatic heterocycles. The van der Waals surface area contributed by atoms with E-state index in [0.29, 0.717) is 35.6 Å². The molecular weight excluding hydrogens is 466 g/mol. The van der Waals surface area contributed by atoms with Crippen molar-refractivity contribution in [2.45, 2.75) is 10.9 Å². The van der Waals surface area contributed by atoms with E-state index in [-0.39, 0.29) is 22.8 Å². The number of carbonyl (C=O) groups is 2. The van der Waals surface area contributed by atoms with Gasteiger partial charge in [0, 0.05) is 36.4 Å². The number of amides is 2. The van der Waals surface area contributed by atoms with Crippen LogP contribution < -0.4 is 10.0 Å². The minimum atomic E-state index is -3.63. The van der Waals surface area contributed by atoms with E-state index in [1.165, 1.54) is 24.3 Å². The van der Waals surface area contributed by atoms with Gasteiger partial charge in [-0.15, -0.1) is 0 Å². The van der Waals surface area contributed by atoms with E-state index >= 15 is 0 Å². The predicted octanol–water partition coefficient (Wildman–Crippen LogP) is 3.24. The van der Waals surface area contributed by atoms with Crippen molar-refractivity contribution in [2.75, 3.05) is 17.8 Å². The fourth-order valence-electron chi connectivity index (χ4n) is 3.85. The highest BCUT2D eigenvalue weighted by Crippen LogP contribution is 2.26. The van der Waals surface area contributed by atoms with Crippen molar-refractivity contribution >= 4 is 38.8 Å². The van der Waals surface area contributed by atoms with Crippen LogP contribution in [0.1, 0.15) is 20.8 Å². The molecule has 0 aliphatic carbocycles. The Hall–Kier alpha value is -4.15. The fourth-order valence-corrected chi connectivity index (χ4v) is 4.94. The summed E-state index contributed by atoms with van der Waals surface area (Å²) in [5.74, 6) is -0.491. The highest BCUT2D eigenvalue weighted by Gasteiger charge is 2.34. The predicted molar refractivity (Wildman–Crippen MR) is 132 cm³/mol.